The Bertz CT molecular complexity index is 712. The number of methoxy groups -OCH3 is 1. The number of sulfonamides is 1. The molecule has 1 aliphatic rings. The van der Waals surface area contributed by atoms with Crippen LogP contribution in [0.15, 0.2) is 29.2 Å². The Kier molecular flexibility index (Phi) is 5.92. The van der Waals surface area contributed by atoms with Crippen LogP contribution in [0.5, 0.6) is 0 Å². The third-order valence-corrected chi connectivity index (χ3v) is 5.67. The largest absolute Gasteiger partial charge is 0.467 e. The van der Waals surface area contributed by atoms with Crippen LogP contribution in [0, 0.1) is 0 Å². The van der Waals surface area contributed by atoms with Gasteiger partial charge in [0.15, 0.2) is 6.04 Å². The van der Waals surface area contributed by atoms with Crippen LogP contribution in [-0.4, -0.2) is 62.6 Å². The highest BCUT2D eigenvalue weighted by Gasteiger charge is 2.28. The molecule has 1 aromatic carbocycles. The number of hydrogen-bond donors (Lipinski definition) is 2. The molecule has 0 aliphatic carbocycles. The molecule has 1 fully saturated rings. The first-order valence-electron chi connectivity index (χ1n) is 7.50. The van der Waals surface area contributed by atoms with Crippen molar-refractivity contribution in [2.24, 2.45) is 0 Å². The molecule has 132 valence electrons. The summed E-state index contributed by atoms with van der Waals surface area (Å²) in [5, 5.41) is 11.4. The first kappa shape index (κ1) is 18.4. The van der Waals surface area contributed by atoms with Crippen molar-refractivity contribution in [2.45, 2.75) is 23.8 Å². The molecule has 0 spiro atoms. The van der Waals surface area contributed by atoms with Crippen molar-refractivity contribution >= 4 is 21.9 Å². The molecule has 1 aromatic rings. The zero-order valence-corrected chi connectivity index (χ0v) is 14.1. The quantitative estimate of drug-likeness (QED) is 0.679. The number of aliphatic hydroxyl groups is 1. The van der Waals surface area contributed by atoms with Crippen LogP contribution < -0.4 is 5.32 Å². The molecule has 2 rings (SSSR count). The summed E-state index contributed by atoms with van der Waals surface area (Å²) in [6.45, 7) is 0.311. The van der Waals surface area contributed by atoms with Gasteiger partial charge in [0.1, 0.15) is 0 Å². The first-order valence-corrected chi connectivity index (χ1v) is 8.94. The van der Waals surface area contributed by atoms with Gasteiger partial charge in [-0.15, -0.1) is 0 Å². The monoisotopic (exact) mass is 356 g/mol. The molecule has 8 nitrogen and oxygen atoms in total. The molecule has 1 atom stereocenters. The summed E-state index contributed by atoms with van der Waals surface area (Å²) >= 11 is 0. The van der Waals surface area contributed by atoms with Crippen molar-refractivity contribution in [3.05, 3.63) is 29.8 Å². The van der Waals surface area contributed by atoms with E-state index in [0.29, 0.717) is 13.1 Å². The van der Waals surface area contributed by atoms with Gasteiger partial charge in [-0.1, -0.05) is 6.07 Å². The van der Waals surface area contributed by atoms with E-state index in [-0.39, 0.29) is 10.5 Å². The van der Waals surface area contributed by atoms with Crippen molar-refractivity contribution in [3.8, 4) is 0 Å². The highest BCUT2D eigenvalue weighted by Crippen LogP contribution is 2.21. The fourth-order valence-electron chi connectivity index (χ4n) is 2.44. The SMILES string of the molecule is COC(=O)[C@H](CO)NC(=O)c1cccc(S(=O)(=O)N2CCCC2)c1. The topological polar surface area (TPSA) is 113 Å². The number of ether oxygens (including phenoxy) is 1. The lowest BCUT2D eigenvalue weighted by Gasteiger charge is -2.17. The zero-order valence-electron chi connectivity index (χ0n) is 13.3. The Morgan fingerprint density at radius 3 is 2.58 bits per heavy atom. The van der Waals surface area contributed by atoms with Gasteiger partial charge in [-0.05, 0) is 31.0 Å². The van der Waals surface area contributed by atoms with E-state index in [4.69, 9.17) is 5.11 Å². The fraction of sp³-hybridized carbons (Fsp3) is 0.467. The lowest BCUT2D eigenvalue weighted by molar-refractivity contribution is -0.143. The van der Waals surface area contributed by atoms with E-state index in [1.165, 1.54) is 28.6 Å². The minimum Gasteiger partial charge on any atom is -0.467 e. The number of nitrogens with zero attached hydrogens (tertiary/aromatic N) is 1. The molecule has 9 heteroatoms. The van der Waals surface area contributed by atoms with Crippen LogP contribution in [0.1, 0.15) is 23.2 Å². The average Bonchev–Trinajstić information content (AvgIpc) is 3.14. The van der Waals surface area contributed by atoms with Crippen LogP contribution in [-0.2, 0) is 19.6 Å². The fourth-order valence-corrected chi connectivity index (χ4v) is 4.00. The second-order valence-electron chi connectivity index (χ2n) is 5.37. The minimum atomic E-state index is -3.64. The number of esters is 1. The molecule has 0 radical (unpaired) electrons. The van der Waals surface area contributed by atoms with Gasteiger partial charge in [0.25, 0.3) is 5.91 Å². The lowest BCUT2D eigenvalue weighted by Crippen LogP contribution is -2.44. The van der Waals surface area contributed by atoms with Crippen molar-refractivity contribution in [1.82, 2.24) is 9.62 Å². The van der Waals surface area contributed by atoms with E-state index in [1.54, 1.807) is 0 Å². The normalized spacial score (nSPS) is 16.6. The number of carbonyl (C=O) groups is 2. The van der Waals surface area contributed by atoms with Crippen LogP contribution in [0.2, 0.25) is 0 Å². The van der Waals surface area contributed by atoms with E-state index in [2.05, 4.69) is 10.1 Å². The molecule has 1 saturated heterocycles. The number of aliphatic hydroxyl groups excluding tert-OH is 1. The molecule has 0 bridgehead atoms. The number of hydrogen-bond acceptors (Lipinski definition) is 6. The molecule has 1 amide bonds. The van der Waals surface area contributed by atoms with Gasteiger partial charge in [-0.3, -0.25) is 4.79 Å². The maximum atomic E-state index is 12.5. The van der Waals surface area contributed by atoms with Gasteiger partial charge in [0.05, 0.1) is 18.6 Å². The third kappa shape index (κ3) is 3.92. The predicted molar refractivity (Wildman–Crippen MR) is 84.8 cm³/mol. The molecule has 2 N–H and O–H groups in total. The standard InChI is InChI=1S/C15H20N2O6S/c1-23-15(20)13(10-18)16-14(19)11-5-4-6-12(9-11)24(21,22)17-7-2-3-8-17/h4-6,9,13,18H,2-3,7-8,10H2,1H3,(H,16,19)/t13-/m0/s1. The van der Waals surface area contributed by atoms with Gasteiger partial charge in [-0.2, -0.15) is 4.31 Å². The van der Waals surface area contributed by atoms with Gasteiger partial charge in [0, 0.05) is 18.7 Å². The van der Waals surface area contributed by atoms with Crippen molar-refractivity contribution < 1.29 is 27.9 Å². The Balaban J connectivity index is 2.20. The number of amides is 1. The summed E-state index contributed by atoms with van der Waals surface area (Å²) in [6.07, 6.45) is 1.63. The molecular weight excluding hydrogens is 336 g/mol. The van der Waals surface area contributed by atoms with Gasteiger partial charge >= 0.3 is 5.97 Å². The summed E-state index contributed by atoms with van der Waals surface area (Å²) in [7, 11) is -2.50. The highest BCUT2D eigenvalue weighted by molar-refractivity contribution is 7.89. The maximum absolute atomic E-state index is 12.5. The lowest BCUT2D eigenvalue weighted by atomic mass is 10.2. The Morgan fingerprint density at radius 2 is 2.00 bits per heavy atom. The van der Waals surface area contributed by atoms with E-state index >= 15 is 0 Å². The Labute approximate surface area is 140 Å². The zero-order chi connectivity index (χ0) is 17.7. The summed E-state index contributed by atoms with van der Waals surface area (Å²) in [5.41, 5.74) is 0.0811. The summed E-state index contributed by atoms with van der Waals surface area (Å²) in [6, 6.07) is 4.37. The van der Waals surface area contributed by atoms with E-state index in [9.17, 15) is 18.0 Å². The minimum absolute atomic E-state index is 0.0238. The molecular formula is C15H20N2O6S. The second kappa shape index (κ2) is 7.73. The van der Waals surface area contributed by atoms with E-state index in [0.717, 1.165) is 20.0 Å². The average molecular weight is 356 g/mol. The predicted octanol–water partition coefficient (Wildman–Crippen LogP) is -0.265. The molecule has 0 unspecified atom stereocenters. The van der Waals surface area contributed by atoms with Gasteiger partial charge < -0.3 is 15.2 Å². The smallest absolute Gasteiger partial charge is 0.330 e. The highest BCUT2D eigenvalue weighted by atomic mass is 32.2. The number of carbonyl (C=O) groups excluding carboxylic acids is 2. The third-order valence-electron chi connectivity index (χ3n) is 3.77. The van der Waals surface area contributed by atoms with E-state index in [1.807, 2.05) is 0 Å². The Morgan fingerprint density at radius 1 is 1.33 bits per heavy atom. The number of rotatable bonds is 6. The van der Waals surface area contributed by atoms with Gasteiger partial charge in [-0.25, -0.2) is 13.2 Å². The molecule has 1 aliphatic heterocycles. The molecule has 24 heavy (non-hydrogen) atoms. The maximum Gasteiger partial charge on any atom is 0.330 e. The van der Waals surface area contributed by atoms with Crippen molar-refractivity contribution in [3.63, 3.8) is 0 Å². The molecule has 0 saturated carbocycles. The van der Waals surface area contributed by atoms with Gasteiger partial charge in [0.2, 0.25) is 10.0 Å². The second-order valence-corrected chi connectivity index (χ2v) is 7.31. The summed E-state index contributed by atoms with van der Waals surface area (Å²) in [5.74, 6) is -1.45. The van der Waals surface area contributed by atoms with Crippen molar-refractivity contribution in [1.29, 1.82) is 0 Å². The van der Waals surface area contributed by atoms with Crippen LogP contribution in [0.3, 0.4) is 0 Å². The summed E-state index contributed by atoms with van der Waals surface area (Å²) in [4.78, 5) is 23.6. The van der Waals surface area contributed by atoms with Crippen LogP contribution in [0.4, 0.5) is 0 Å². The number of nitrogens with one attached hydrogen (secondary N) is 1. The molecule has 0 aromatic heterocycles. The number of benzene rings is 1. The first-order chi connectivity index (χ1) is 11.4. The van der Waals surface area contributed by atoms with Crippen LogP contribution in [0.25, 0.3) is 0 Å². The van der Waals surface area contributed by atoms with E-state index < -0.39 is 34.5 Å². The Hall–Kier alpha value is -1.97. The van der Waals surface area contributed by atoms with Crippen molar-refractivity contribution in [2.75, 3.05) is 26.8 Å². The molecule has 1 heterocycles. The van der Waals surface area contributed by atoms with Crippen LogP contribution >= 0.6 is 0 Å². The summed E-state index contributed by atoms with van der Waals surface area (Å²) < 4.78 is 30.9.